The number of benzene rings is 1. The van der Waals surface area contributed by atoms with Gasteiger partial charge in [-0.05, 0) is 24.0 Å². The van der Waals surface area contributed by atoms with E-state index in [9.17, 15) is 0 Å². The summed E-state index contributed by atoms with van der Waals surface area (Å²) in [7, 11) is 0. The highest BCUT2D eigenvalue weighted by atomic mass is 32.1. The summed E-state index contributed by atoms with van der Waals surface area (Å²) in [6.45, 7) is 0. The fourth-order valence-electron chi connectivity index (χ4n) is 2.23. The highest BCUT2D eigenvalue weighted by Gasteiger charge is 2.25. The third-order valence-corrected chi connectivity index (χ3v) is 3.17. The largest absolute Gasteiger partial charge is 0.436 e. The second-order valence-electron chi connectivity index (χ2n) is 3.92. The molecule has 0 fully saturated rings. The normalized spacial score (nSPS) is 15.5. The zero-order valence-electron chi connectivity index (χ0n) is 8.18. The smallest absolute Gasteiger partial charge is 0.252 e. The summed E-state index contributed by atoms with van der Waals surface area (Å²) in [5.41, 5.74) is 2.86. The van der Waals surface area contributed by atoms with E-state index in [2.05, 4.69) is 41.9 Å². The van der Waals surface area contributed by atoms with Crippen molar-refractivity contribution in [1.29, 1.82) is 0 Å². The molecule has 1 heterocycles. The predicted molar refractivity (Wildman–Crippen MR) is 60.3 cm³/mol. The summed E-state index contributed by atoms with van der Waals surface area (Å²) in [6.07, 6.45) is 3.90. The summed E-state index contributed by atoms with van der Waals surface area (Å²) in [5.74, 6) is 1.40. The molecule has 1 aliphatic carbocycles. The second kappa shape index (κ2) is 3.42. The van der Waals surface area contributed by atoms with Crippen LogP contribution in [0.4, 0.5) is 0 Å². The fraction of sp³-hybridized carbons (Fsp3) is 0.250. The quantitative estimate of drug-likeness (QED) is 0.743. The minimum atomic E-state index is 0.441. The first kappa shape index (κ1) is 9.04. The van der Waals surface area contributed by atoms with Crippen molar-refractivity contribution < 1.29 is 4.42 Å². The van der Waals surface area contributed by atoms with Crippen LogP contribution in [-0.2, 0) is 12.8 Å². The van der Waals surface area contributed by atoms with E-state index < -0.39 is 0 Å². The van der Waals surface area contributed by atoms with E-state index in [4.69, 9.17) is 4.42 Å². The Balaban J connectivity index is 1.90. The lowest BCUT2D eigenvalue weighted by Crippen LogP contribution is -1.95. The zero-order valence-corrected chi connectivity index (χ0v) is 9.08. The predicted octanol–water partition coefficient (Wildman–Crippen LogP) is 2.85. The minimum Gasteiger partial charge on any atom is -0.436 e. The highest BCUT2D eigenvalue weighted by Crippen LogP contribution is 2.34. The van der Waals surface area contributed by atoms with Crippen LogP contribution in [0.1, 0.15) is 22.8 Å². The lowest BCUT2D eigenvalue weighted by molar-refractivity contribution is 0.394. The summed E-state index contributed by atoms with van der Waals surface area (Å²) < 4.78 is 5.45. The molecule has 0 amide bonds. The van der Waals surface area contributed by atoms with Crippen LogP contribution in [0.3, 0.4) is 0 Å². The number of thiol groups is 1. The lowest BCUT2D eigenvalue weighted by Gasteiger charge is -2.02. The van der Waals surface area contributed by atoms with Crippen LogP contribution in [-0.4, -0.2) is 4.98 Å². The van der Waals surface area contributed by atoms with Gasteiger partial charge < -0.3 is 4.42 Å². The molecule has 0 saturated carbocycles. The Morgan fingerprint density at radius 2 is 1.87 bits per heavy atom. The maximum Gasteiger partial charge on any atom is 0.252 e. The molecule has 0 aliphatic heterocycles. The average Bonchev–Trinajstić information content (AvgIpc) is 2.82. The van der Waals surface area contributed by atoms with Gasteiger partial charge in [0.05, 0.1) is 6.20 Å². The molecule has 15 heavy (non-hydrogen) atoms. The summed E-state index contributed by atoms with van der Waals surface area (Å²) in [4.78, 5) is 4.02. The first-order valence-corrected chi connectivity index (χ1v) is 5.49. The van der Waals surface area contributed by atoms with Crippen molar-refractivity contribution in [3.63, 3.8) is 0 Å². The third-order valence-electron chi connectivity index (χ3n) is 2.96. The van der Waals surface area contributed by atoms with Gasteiger partial charge in [-0.3, -0.25) is 0 Å². The van der Waals surface area contributed by atoms with Crippen LogP contribution in [0, 0.1) is 0 Å². The monoisotopic (exact) mass is 217 g/mol. The standard InChI is InChI=1S/C12H11NOS/c15-12-13-7-11(14-12)10-5-8-3-1-2-4-9(8)6-10/h1-4,7,10H,5-6H2,(H,13,15). The number of nitrogens with zero attached hydrogens (tertiary/aromatic N) is 1. The molecule has 2 nitrogen and oxygen atoms in total. The molecule has 0 saturated heterocycles. The van der Waals surface area contributed by atoms with Gasteiger partial charge in [0, 0.05) is 5.92 Å². The molecule has 1 aliphatic rings. The average molecular weight is 217 g/mol. The van der Waals surface area contributed by atoms with Crippen molar-refractivity contribution in [2.24, 2.45) is 0 Å². The second-order valence-corrected chi connectivity index (χ2v) is 4.30. The molecule has 76 valence electrons. The van der Waals surface area contributed by atoms with E-state index in [1.54, 1.807) is 6.20 Å². The summed E-state index contributed by atoms with van der Waals surface area (Å²) in [5, 5.41) is 0.459. The molecule has 3 rings (SSSR count). The molecule has 3 heteroatoms. The Morgan fingerprint density at radius 1 is 1.20 bits per heavy atom. The Morgan fingerprint density at radius 3 is 2.40 bits per heavy atom. The van der Waals surface area contributed by atoms with Crippen molar-refractivity contribution in [1.82, 2.24) is 4.98 Å². The molecular weight excluding hydrogens is 206 g/mol. The van der Waals surface area contributed by atoms with Crippen LogP contribution >= 0.6 is 12.6 Å². The van der Waals surface area contributed by atoms with Gasteiger partial charge in [-0.25, -0.2) is 4.98 Å². The van der Waals surface area contributed by atoms with Gasteiger partial charge in [-0.15, -0.1) is 0 Å². The van der Waals surface area contributed by atoms with Gasteiger partial charge in [0.2, 0.25) is 0 Å². The van der Waals surface area contributed by atoms with Crippen LogP contribution < -0.4 is 0 Å². The number of fused-ring (bicyclic) bond motifs is 1. The molecular formula is C12H11NOS. The molecule has 1 aromatic carbocycles. The number of hydrogen-bond donors (Lipinski definition) is 1. The van der Waals surface area contributed by atoms with Crippen LogP contribution in [0.15, 0.2) is 40.1 Å². The maximum atomic E-state index is 5.45. The fourth-order valence-corrected chi connectivity index (χ4v) is 2.39. The Bertz CT molecular complexity index is 467. The van der Waals surface area contributed by atoms with E-state index in [-0.39, 0.29) is 0 Å². The van der Waals surface area contributed by atoms with Crippen LogP contribution in [0.2, 0.25) is 0 Å². The van der Waals surface area contributed by atoms with E-state index in [0.29, 0.717) is 11.1 Å². The van der Waals surface area contributed by atoms with Gasteiger partial charge in [0.1, 0.15) is 5.76 Å². The molecule has 0 bridgehead atoms. The van der Waals surface area contributed by atoms with E-state index in [1.807, 2.05) is 0 Å². The molecule has 0 unspecified atom stereocenters. The molecule has 0 atom stereocenters. The van der Waals surface area contributed by atoms with Gasteiger partial charge in [0.15, 0.2) is 0 Å². The number of oxazole rings is 1. The van der Waals surface area contributed by atoms with Gasteiger partial charge in [-0.2, -0.15) is 0 Å². The maximum absolute atomic E-state index is 5.45. The number of rotatable bonds is 1. The lowest BCUT2D eigenvalue weighted by atomic mass is 10.0. The SMILES string of the molecule is Sc1ncc(C2Cc3ccccc3C2)o1. The Hall–Kier alpha value is -1.22. The minimum absolute atomic E-state index is 0.441. The van der Waals surface area contributed by atoms with Gasteiger partial charge in [0.25, 0.3) is 5.22 Å². The highest BCUT2D eigenvalue weighted by molar-refractivity contribution is 7.80. The topological polar surface area (TPSA) is 26.0 Å². The van der Waals surface area contributed by atoms with Crippen molar-refractivity contribution in [3.05, 3.63) is 47.3 Å². The summed E-state index contributed by atoms with van der Waals surface area (Å²) >= 11 is 4.08. The van der Waals surface area contributed by atoms with Gasteiger partial charge >= 0.3 is 0 Å². The Kier molecular flexibility index (Phi) is 2.06. The zero-order chi connectivity index (χ0) is 10.3. The van der Waals surface area contributed by atoms with E-state index >= 15 is 0 Å². The molecule has 0 N–H and O–H groups in total. The summed E-state index contributed by atoms with van der Waals surface area (Å²) in [6, 6.07) is 8.55. The molecule has 0 spiro atoms. The van der Waals surface area contributed by atoms with Gasteiger partial charge in [-0.1, -0.05) is 36.9 Å². The molecule has 0 radical (unpaired) electrons. The first-order chi connectivity index (χ1) is 7.33. The van der Waals surface area contributed by atoms with Crippen LogP contribution in [0.25, 0.3) is 0 Å². The van der Waals surface area contributed by atoms with E-state index in [0.717, 1.165) is 18.6 Å². The Labute approximate surface area is 93.7 Å². The molecule has 2 aromatic rings. The van der Waals surface area contributed by atoms with Crippen LogP contribution in [0.5, 0.6) is 0 Å². The first-order valence-electron chi connectivity index (χ1n) is 5.04. The van der Waals surface area contributed by atoms with Crippen molar-refractivity contribution >= 4 is 12.6 Å². The van der Waals surface area contributed by atoms with E-state index in [1.165, 1.54) is 11.1 Å². The van der Waals surface area contributed by atoms with Crippen molar-refractivity contribution in [3.8, 4) is 0 Å². The number of hydrogen-bond acceptors (Lipinski definition) is 3. The third kappa shape index (κ3) is 1.57. The van der Waals surface area contributed by atoms with Crippen molar-refractivity contribution in [2.75, 3.05) is 0 Å². The van der Waals surface area contributed by atoms with Crippen molar-refractivity contribution in [2.45, 2.75) is 24.0 Å². The molecule has 1 aromatic heterocycles. The number of aromatic nitrogens is 1.